The summed E-state index contributed by atoms with van der Waals surface area (Å²) in [7, 11) is 1.64. The summed E-state index contributed by atoms with van der Waals surface area (Å²) in [5, 5.41) is 0. The Labute approximate surface area is 136 Å². The summed E-state index contributed by atoms with van der Waals surface area (Å²) in [6, 6.07) is 5.58. The predicted molar refractivity (Wildman–Crippen MR) is 86.4 cm³/mol. The average molecular weight is 317 g/mol. The minimum absolute atomic E-state index is 0.0970. The van der Waals surface area contributed by atoms with E-state index in [0.29, 0.717) is 26.2 Å². The van der Waals surface area contributed by atoms with Crippen molar-refractivity contribution < 1.29 is 14.3 Å². The number of fused-ring (bicyclic) bond motifs is 1. The lowest BCUT2D eigenvalue weighted by Gasteiger charge is -2.24. The number of methoxy groups -OCH3 is 1. The molecule has 6 nitrogen and oxygen atoms in total. The summed E-state index contributed by atoms with van der Waals surface area (Å²) in [6.07, 6.45) is 2.54. The standard InChI is InChI=1S/C17H23N3O3/c1-23-13-5-3-12-4-6-14(15(12)11-13)16(21)19-7-2-8-20(10-9-19)17(18)22/h3,5,11,14H,2,4,6-10H2,1H3,(H2,18,22)/t14-/m0/s1. The lowest BCUT2D eigenvalue weighted by molar-refractivity contribution is -0.132. The lowest BCUT2D eigenvalue weighted by Crippen LogP contribution is -2.40. The molecule has 1 saturated heterocycles. The van der Waals surface area contributed by atoms with Gasteiger partial charge >= 0.3 is 6.03 Å². The van der Waals surface area contributed by atoms with Crippen molar-refractivity contribution in [3.63, 3.8) is 0 Å². The van der Waals surface area contributed by atoms with Crippen LogP contribution in [-0.2, 0) is 11.2 Å². The molecule has 1 atom stereocenters. The number of hydrogen-bond donors (Lipinski definition) is 1. The van der Waals surface area contributed by atoms with Gasteiger partial charge in [-0.25, -0.2) is 4.79 Å². The Hall–Kier alpha value is -2.24. The average Bonchev–Trinajstić information content (AvgIpc) is 2.80. The normalized spacial score (nSPS) is 20.8. The van der Waals surface area contributed by atoms with Crippen LogP contribution in [0.1, 0.15) is 29.9 Å². The van der Waals surface area contributed by atoms with Crippen LogP contribution in [0.4, 0.5) is 4.79 Å². The van der Waals surface area contributed by atoms with Gasteiger partial charge in [0.15, 0.2) is 0 Å². The third-order valence-electron chi connectivity index (χ3n) is 4.85. The fraction of sp³-hybridized carbons (Fsp3) is 0.529. The van der Waals surface area contributed by atoms with Crippen LogP contribution in [0.25, 0.3) is 0 Å². The van der Waals surface area contributed by atoms with Crippen LogP contribution < -0.4 is 10.5 Å². The van der Waals surface area contributed by atoms with Crippen LogP contribution in [0.2, 0.25) is 0 Å². The summed E-state index contributed by atoms with van der Waals surface area (Å²) in [5.74, 6) is 0.850. The maximum Gasteiger partial charge on any atom is 0.314 e. The molecule has 1 aliphatic carbocycles. The van der Waals surface area contributed by atoms with E-state index in [1.807, 2.05) is 17.0 Å². The molecule has 1 aromatic carbocycles. The number of hydrogen-bond acceptors (Lipinski definition) is 3. The van der Waals surface area contributed by atoms with Gasteiger partial charge in [-0.1, -0.05) is 6.07 Å². The summed E-state index contributed by atoms with van der Waals surface area (Å²) >= 11 is 0. The zero-order valence-corrected chi connectivity index (χ0v) is 13.5. The highest BCUT2D eigenvalue weighted by Crippen LogP contribution is 2.36. The van der Waals surface area contributed by atoms with Gasteiger partial charge in [-0.2, -0.15) is 0 Å². The monoisotopic (exact) mass is 317 g/mol. The Morgan fingerprint density at radius 3 is 2.65 bits per heavy atom. The molecule has 0 radical (unpaired) electrons. The molecule has 0 bridgehead atoms. The predicted octanol–water partition coefficient (Wildman–Crippen LogP) is 1.34. The van der Waals surface area contributed by atoms with E-state index in [9.17, 15) is 9.59 Å². The molecule has 0 aromatic heterocycles. The van der Waals surface area contributed by atoms with E-state index >= 15 is 0 Å². The molecule has 1 heterocycles. The Morgan fingerprint density at radius 1 is 1.17 bits per heavy atom. The number of primary amides is 1. The fourth-order valence-electron chi connectivity index (χ4n) is 3.54. The molecule has 1 aromatic rings. The van der Waals surface area contributed by atoms with Crippen molar-refractivity contribution in [1.82, 2.24) is 9.80 Å². The van der Waals surface area contributed by atoms with Gasteiger partial charge < -0.3 is 20.3 Å². The smallest absolute Gasteiger partial charge is 0.314 e. The van der Waals surface area contributed by atoms with Crippen molar-refractivity contribution in [3.05, 3.63) is 29.3 Å². The van der Waals surface area contributed by atoms with E-state index in [0.717, 1.165) is 30.6 Å². The molecular weight excluding hydrogens is 294 g/mol. The molecule has 124 valence electrons. The van der Waals surface area contributed by atoms with E-state index in [1.54, 1.807) is 12.0 Å². The first-order chi connectivity index (χ1) is 11.1. The first-order valence-electron chi connectivity index (χ1n) is 8.10. The van der Waals surface area contributed by atoms with Crippen molar-refractivity contribution in [1.29, 1.82) is 0 Å². The maximum absolute atomic E-state index is 12.9. The molecule has 2 N–H and O–H groups in total. The first kappa shape index (κ1) is 15.6. The van der Waals surface area contributed by atoms with E-state index in [4.69, 9.17) is 10.5 Å². The van der Waals surface area contributed by atoms with Gasteiger partial charge in [-0.05, 0) is 42.5 Å². The topological polar surface area (TPSA) is 75.9 Å². The number of aryl methyl sites for hydroxylation is 1. The Balaban J connectivity index is 1.74. The zero-order chi connectivity index (χ0) is 16.4. The van der Waals surface area contributed by atoms with Crippen molar-refractivity contribution in [2.24, 2.45) is 5.73 Å². The minimum Gasteiger partial charge on any atom is -0.497 e. The van der Waals surface area contributed by atoms with E-state index < -0.39 is 6.03 Å². The Kier molecular flexibility index (Phi) is 4.41. The van der Waals surface area contributed by atoms with Gasteiger partial charge in [-0.15, -0.1) is 0 Å². The maximum atomic E-state index is 12.9. The van der Waals surface area contributed by atoms with Gasteiger partial charge in [0.05, 0.1) is 13.0 Å². The Bertz CT molecular complexity index is 617. The second kappa shape index (κ2) is 6.48. The Morgan fingerprint density at radius 2 is 1.91 bits per heavy atom. The first-order valence-corrected chi connectivity index (χ1v) is 8.10. The van der Waals surface area contributed by atoms with Gasteiger partial charge in [-0.3, -0.25) is 4.79 Å². The van der Waals surface area contributed by atoms with Crippen LogP contribution in [0.5, 0.6) is 5.75 Å². The van der Waals surface area contributed by atoms with Crippen LogP contribution in [0.15, 0.2) is 18.2 Å². The quantitative estimate of drug-likeness (QED) is 0.894. The number of rotatable bonds is 2. The van der Waals surface area contributed by atoms with Crippen LogP contribution in [0.3, 0.4) is 0 Å². The van der Waals surface area contributed by atoms with Crippen molar-refractivity contribution in [3.8, 4) is 5.75 Å². The third-order valence-corrected chi connectivity index (χ3v) is 4.85. The number of ether oxygens (including phenoxy) is 1. The summed E-state index contributed by atoms with van der Waals surface area (Å²) in [4.78, 5) is 27.7. The largest absolute Gasteiger partial charge is 0.497 e. The lowest BCUT2D eigenvalue weighted by atomic mass is 9.99. The van der Waals surface area contributed by atoms with Gasteiger partial charge in [0, 0.05) is 26.2 Å². The minimum atomic E-state index is -0.407. The number of urea groups is 1. The number of amides is 3. The molecular formula is C17H23N3O3. The highest BCUT2D eigenvalue weighted by molar-refractivity contribution is 5.85. The fourth-order valence-corrected chi connectivity index (χ4v) is 3.54. The van der Waals surface area contributed by atoms with Crippen molar-refractivity contribution in [2.75, 3.05) is 33.3 Å². The molecule has 0 spiro atoms. The molecule has 1 fully saturated rings. The SMILES string of the molecule is COc1ccc2c(c1)[C@@H](C(=O)N1CCCN(C(N)=O)CC1)CC2. The molecule has 6 heteroatoms. The molecule has 1 aliphatic heterocycles. The number of benzene rings is 1. The summed E-state index contributed by atoms with van der Waals surface area (Å²) < 4.78 is 5.29. The number of carbonyl (C=O) groups excluding carboxylic acids is 2. The van der Waals surface area contributed by atoms with E-state index in [2.05, 4.69) is 6.07 Å². The van der Waals surface area contributed by atoms with Gasteiger partial charge in [0.1, 0.15) is 5.75 Å². The molecule has 3 rings (SSSR count). The van der Waals surface area contributed by atoms with Gasteiger partial charge in [0.2, 0.25) is 5.91 Å². The highest BCUT2D eigenvalue weighted by Gasteiger charge is 2.33. The second-order valence-electron chi connectivity index (χ2n) is 6.16. The zero-order valence-electron chi connectivity index (χ0n) is 13.5. The highest BCUT2D eigenvalue weighted by atomic mass is 16.5. The van der Waals surface area contributed by atoms with Crippen LogP contribution in [0, 0.1) is 0 Å². The number of carbonyl (C=O) groups is 2. The molecule has 0 saturated carbocycles. The van der Waals surface area contributed by atoms with Crippen molar-refractivity contribution >= 4 is 11.9 Å². The van der Waals surface area contributed by atoms with Crippen molar-refractivity contribution in [2.45, 2.75) is 25.2 Å². The molecule has 2 aliphatic rings. The second-order valence-corrected chi connectivity index (χ2v) is 6.16. The molecule has 3 amide bonds. The van der Waals surface area contributed by atoms with Gasteiger partial charge in [0.25, 0.3) is 0 Å². The molecule has 0 unspecified atom stereocenters. The van der Waals surface area contributed by atoms with E-state index in [-0.39, 0.29) is 11.8 Å². The summed E-state index contributed by atoms with van der Waals surface area (Å²) in [5.41, 5.74) is 7.67. The number of nitrogens with zero attached hydrogens (tertiary/aromatic N) is 2. The third kappa shape index (κ3) is 3.11. The van der Waals surface area contributed by atoms with E-state index in [1.165, 1.54) is 5.56 Å². The summed E-state index contributed by atoms with van der Waals surface area (Å²) in [6.45, 7) is 2.36. The number of nitrogens with two attached hydrogens (primary N) is 1. The van der Waals surface area contributed by atoms with Crippen LogP contribution in [-0.4, -0.2) is 55.0 Å². The van der Waals surface area contributed by atoms with Crippen LogP contribution >= 0.6 is 0 Å². The molecule has 23 heavy (non-hydrogen) atoms.